The molecule has 1 saturated heterocycles. The molecule has 0 spiro atoms. The van der Waals surface area contributed by atoms with Crippen molar-refractivity contribution in [3.05, 3.63) is 29.8 Å². The molecule has 1 N–H and O–H groups in total. The molecule has 0 saturated carbocycles. The summed E-state index contributed by atoms with van der Waals surface area (Å²) in [5.41, 5.74) is 0.909. The van der Waals surface area contributed by atoms with E-state index < -0.39 is 5.97 Å². The molecule has 0 atom stereocenters. The number of aryl methyl sites for hydroxylation is 1. The van der Waals surface area contributed by atoms with Crippen LogP contribution in [0.4, 0.5) is 5.69 Å². The molecule has 0 unspecified atom stereocenters. The highest BCUT2D eigenvalue weighted by molar-refractivity contribution is 6.17. The Kier molecular flexibility index (Phi) is 4.11. The summed E-state index contributed by atoms with van der Waals surface area (Å²) in [6.07, 6.45) is 0.892. The number of aliphatic carboxylic acids is 1. The maximum absolute atomic E-state index is 12.3. The first-order valence-corrected chi connectivity index (χ1v) is 6.96. The Labute approximate surface area is 123 Å². The van der Waals surface area contributed by atoms with Crippen LogP contribution in [0, 0.1) is 5.41 Å². The summed E-state index contributed by atoms with van der Waals surface area (Å²) in [5, 5.41) is 8.80. The highest BCUT2D eigenvalue weighted by Crippen LogP contribution is 2.35. The minimum Gasteiger partial charge on any atom is -0.481 e. The van der Waals surface area contributed by atoms with E-state index in [4.69, 9.17) is 5.11 Å². The first-order valence-electron chi connectivity index (χ1n) is 6.96. The lowest BCUT2D eigenvalue weighted by Crippen LogP contribution is -2.46. The summed E-state index contributed by atoms with van der Waals surface area (Å²) in [4.78, 5) is 36.5. The molecule has 1 aromatic rings. The van der Waals surface area contributed by atoms with Gasteiger partial charge in [0.05, 0.1) is 5.69 Å². The fraction of sp³-hybridized carbons (Fsp3) is 0.438. The number of carbonyl (C=O) groups excluding carboxylic acids is 2. The monoisotopic (exact) mass is 289 g/mol. The van der Waals surface area contributed by atoms with Crippen molar-refractivity contribution in [2.75, 3.05) is 4.90 Å². The number of carbonyl (C=O) groups is 3. The molecular formula is C16H19NO4. The Balaban J connectivity index is 2.31. The number of nitrogens with zero attached hydrogens (tertiary/aromatic N) is 1. The van der Waals surface area contributed by atoms with E-state index in [0.717, 1.165) is 0 Å². The molecule has 2 amide bonds. The molecule has 0 bridgehead atoms. The third-order valence-corrected chi connectivity index (χ3v) is 3.60. The van der Waals surface area contributed by atoms with E-state index in [2.05, 4.69) is 0 Å². The van der Waals surface area contributed by atoms with Crippen LogP contribution in [0.25, 0.3) is 0 Å². The molecule has 1 aliphatic rings. The van der Waals surface area contributed by atoms with Crippen molar-refractivity contribution in [1.29, 1.82) is 0 Å². The number of rotatable bonds is 4. The zero-order valence-electron chi connectivity index (χ0n) is 12.3. The summed E-state index contributed by atoms with van der Waals surface area (Å²) in [7, 11) is 0. The predicted molar refractivity (Wildman–Crippen MR) is 77.9 cm³/mol. The summed E-state index contributed by atoms with van der Waals surface area (Å²) >= 11 is 0. The zero-order chi connectivity index (χ0) is 15.6. The zero-order valence-corrected chi connectivity index (χ0v) is 12.3. The third kappa shape index (κ3) is 3.48. The van der Waals surface area contributed by atoms with Gasteiger partial charge in [-0.05, 0) is 23.5 Å². The Morgan fingerprint density at radius 3 is 2.33 bits per heavy atom. The van der Waals surface area contributed by atoms with Crippen LogP contribution < -0.4 is 4.90 Å². The maximum Gasteiger partial charge on any atom is 0.303 e. The quantitative estimate of drug-likeness (QED) is 0.864. The van der Waals surface area contributed by atoms with Crippen molar-refractivity contribution in [2.45, 2.75) is 39.5 Å². The van der Waals surface area contributed by atoms with Gasteiger partial charge < -0.3 is 5.11 Å². The topological polar surface area (TPSA) is 74.7 Å². The lowest BCUT2D eigenvalue weighted by molar-refractivity contribution is -0.137. The van der Waals surface area contributed by atoms with E-state index in [1.165, 1.54) is 4.90 Å². The minimum atomic E-state index is -0.901. The molecule has 21 heavy (non-hydrogen) atoms. The second-order valence-corrected chi connectivity index (χ2v) is 6.16. The fourth-order valence-electron chi connectivity index (χ4n) is 2.63. The van der Waals surface area contributed by atoms with Crippen LogP contribution in [0.5, 0.6) is 0 Å². The average molecular weight is 289 g/mol. The number of anilines is 1. The molecule has 0 aliphatic carbocycles. The second kappa shape index (κ2) is 5.68. The Bertz CT molecular complexity index is 572. The molecule has 2 rings (SSSR count). The van der Waals surface area contributed by atoms with Gasteiger partial charge in [0.2, 0.25) is 11.8 Å². The van der Waals surface area contributed by atoms with Crippen molar-refractivity contribution < 1.29 is 19.5 Å². The summed E-state index contributed by atoms with van der Waals surface area (Å²) < 4.78 is 0. The average Bonchev–Trinajstić information content (AvgIpc) is 2.35. The van der Waals surface area contributed by atoms with Crippen molar-refractivity contribution in [3.8, 4) is 0 Å². The van der Waals surface area contributed by atoms with Crippen molar-refractivity contribution in [3.63, 3.8) is 0 Å². The van der Waals surface area contributed by atoms with E-state index in [-0.39, 0.29) is 23.7 Å². The van der Waals surface area contributed by atoms with Crippen LogP contribution in [0.3, 0.4) is 0 Å². The van der Waals surface area contributed by atoms with Gasteiger partial charge in [-0.1, -0.05) is 32.0 Å². The normalized spacial score (nSPS) is 17.9. The number of hydrogen-bond donors (Lipinski definition) is 1. The van der Waals surface area contributed by atoms with Crippen LogP contribution in [-0.4, -0.2) is 22.9 Å². The molecule has 0 radical (unpaired) electrons. The van der Waals surface area contributed by atoms with Gasteiger partial charge in [-0.25, -0.2) is 0 Å². The standard InChI is InChI=1S/C16H19NO4/c1-16(2)9-13(18)17(14(19)10-16)12-6-4-3-5-11(12)7-8-15(20)21/h3-6H,7-10H2,1-2H3,(H,20,21). The highest BCUT2D eigenvalue weighted by Gasteiger charge is 2.38. The molecule has 1 heterocycles. The molecule has 1 aliphatic heterocycles. The molecule has 0 aromatic heterocycles. The van der Waals surface area contributed by atoms with E-state index in [1.54, 1.807) is 24.3 Å². The number of carboxylic acids is 1. The van der Waals surface area contributed by atoms with Crippen LogP contribution in [0.15, 0.2) is 24.3 Å². The number of piperidine rings is 1. The molecule has 1 aromatic carbocycles. The summed E-state index contributed by atoms with van der Waals surface area (Å²) in [5.74, 6) is -1.35. The van der Waals surface area contributed by atoms with E-state index >= 15 is 0 Å². The largest absolute Gasteiger partial charge is 0.481 e. The Hall–Kier alpha value is -2.17. The molecular weight excluding hydrogens is 270 g/mol. The number of hydrogen-bond acceptors (Lipinski definition) is 3. The SMILES string of the molecule is CC1(C)CC(=O)N(c2ccccc2CCC(=O)O)C(=O)C1. The number of imide groups is 1. The van der Waals surface area contributed by atoms with Crippen molar-refractivity contribution in [1.82, 2.24) is 0 Å². The Morgan fingerprint density at radius 1 is 1.19 bits per heavy atom. The molecule has 1 fully saturated rings. The van der Waals surface area contributed by atoms with Crippen LogP contribution in [0.2, 0.25) is 0 Å². The summed E-state index contributed by atoms with van der Waals surface area (Å²) in [6.45, 7) is 3.80. The van der Waals surface area contributed by atoms with Gasteiger partial charge >= 0.3 is 5.97 Å². The molecule has 5 heteroatoms. The highest BCUT2D eigenvalue weighted by atomic mass is 16.4. The maximum atomic E-state index is 12.3. The number of amides is 2. The predicted octanol–water partition coefficient (Wildman–Crippen LogP) is 2.38. The minimum absolute atomic E-state index is 0.0290. The Morgan fingerprint density at radius 2 is 1.76 bits per heavy atom. The van der Waals surface area contributed by atoms with Gasteiger partial charge in [0.1, 0.15) is 0 Å². The van der Waals surface area contributed by atoms with Crippen molar-refractivity contribution in [2.24, 2.45) is 5.41 Å². The summed E-state index contributed by atoms with van der Waals surface area (Å²) in [6, 6.07) is 6.99. The second-order valence-electron chi connectivity index (χ2n) is 6.16. The number of carboxylic acid groups (broad SMARTS) is 1. The van der Waals surface area contributed by atoms with Gasteiger partial charge in [0.25, 0.3) is 0 Å². The smallest absolute Gasteiger partial charge is 0.303 e. The van der Waals surface area contributed by atoms with E-state index in [9.17, 15) is 14.4 Å². The van der Waals surface area contributed by atoms with Crippen molar-refractivity contribution >= 4 is 23.5 Å². The number of benzene rings is 1. The fourth-order valence-corrected chi connectivity index (χ4v) is 2.63. The lowest BCUT2D eigenvalue weighted by Gasteiger charge is -2.35. The lowest BCUT2D eigenvalue weighted by atomic mass is 9.81. The molecule has 5 nitrogen and oxygen atoms in total. The first-order chi connectivity index (χ1) is 9.80. The van der Waals surface area contributed by atoms with E-state index in [1.807, 2.05) is 13.8 Å². The van der Waals surface area contributed by atoms with Gasteiger partial charge in [-0.2, -0.15) is 0 Å². The number of para-hydroxylation sites is 1. The van der Waals surface area contributed by atoms with E-state index in [0.29, 0.717) is 30.5 Å². The van der Waals surface area contributed by atoms with Gasteiger partial charge in [0.15, 0.2) is 0 Å². The van der Waals surface area contributed by atoms with Crippen LogP contribution in [0.1, 0.15) is 38.7 Å². The third-order valence-electron chi connectivity index (χ3n) is 3.60. The van der Waals surface area contributed by atoms with Crippen LogP contribution in [-0.2, 0) is 20.8 Å². The van der Waals surface area contributed by atoms with Gasteiger partial charge in [-0.15, -0.1) is 0 Å². The van der Waals surface area contributed by atoms with Crippen LogP contribution >= 0.6 is 0 Å². The molecule has 112 valence electrons. The van der Waals surface area contributed by atoms with Gasteiger partial charge in [-0.3, -0.25) is 19.3 Å². The first kappa shape index (κ1) is 15.2. The van der Waals surface area contributed by atoms with Gasteiger partial charge in [0, 0.05) is 19.3 Å².